The number of nitrogens with one attached hydrogen (secondary N) is 2. The van der Waals surface area contributed by atoms with E-state index in [2.05, 4.69) is 25.8 Å². The molecule has 2 amide bonds. The number of aromatic nitrogens is 4. The predicted octanol–water partition coefficient (Wildman–Crippen LogP) is 1.47. The van der Waals surface area contributed by atoms with Crippen LogP contribution in [0.1, 0.15) is 22.2 Å². The lowest BCUT2D eigenvalue weighted by Crippen LogP contribution is -2.32. The molecule has 1 atom stereocenters. The summed E-state index contributed by atoms with van der Waals surface area (Å²) in [6.45, 7) is -0.358. The van der Waals surface area contributed by atoms with Crippen molar-refractivity contribution < 1.29 is 19.4 Å². The van der Waals surface area contributed by atoms with E-state index in [-0.39, 0.29) is 24.2 Å². The Balaban J connectivity index is 1.61. The second-order valence-electron chi connectivity index (χ2n) is 6.01. The van der Waals surface area contributed by atoms with Gasteiger partial charge in [0.1, 0.15) is 11.8 Å². The average molecular weight is 449 g/mol. The van der Waals surface area contributed by atoms with Crippen LogP contribution in [0.15, 0.2) is 41.0 Å². The van der Waals surface area contributed by atoms with E-state index >= 15 is 0 Å². The second kappa shape index (κ2) is 10.2. The molecule has 30 heavy (non-hydrogen) atoms. The Bertz CT molecular complexity index is 991. The highest BCUT2D eigenvalue weighted by Crippen LogP contribution is 2.20. The highest BCUT2D eigenvalue weighted by molar-refractivity contribution is 7.99. The van der Waals surface area contributed by atoms with Crippen LogP contribution in [0.4, 0.5) is 5.13 Å². The fourth-order valence-corrected chi connectivity index (χ4v) is 3.76. The molecule has 1 aromatic carbocycles. The van der Waals surface area contributed by atoms with Crippen molar-refractivity contribution in [3.8, 4) is 5.75 Å². The number of ether oxygens (including phenoxy) is 1. The molecule has 0 aliphatic rings. The molecule has 158 valence electrons. The number of hydrogen-bond donors (Lipinski definition) is 3. The number of methoxy groups -OCH3 is 1. The Kier molecular flexibility index (Phi) is 7.38. The van der Waals surface area contributed by atoms with E-state index in [9.17, 15) is 14.7 Å². The lowest BCUT2D eigenvalue weighted by Gasteiger charge is -2.16. The molecule has 0 saturated carbocycles. The van der Waals surface area contributed by atoms with Crippen LogP contribution in [-0.4, -0.2) is 56.1 Å². The zero-order valence-corrected chi connectivity index (χ0v) is 17.9. The summed E-state index contributed by atoms with van der Waals surface area (Å²) in [6.07, 6.45) is 1.61. The van der Waals surface area contributed by atoms with E-state index in [1.54, 1.807) is 54.6 Å². The number of thiazole rings is 1. The standard InChI is InChI=1S/C18H20N6O4S2/c1-24-15(13(9-25)20-16(27)11-3-5-12(28-2)6-4-11)22-23-18(24)30-10-14(26)21-17-19-7-8-29-17/h3-8,13,25H,9-10H2,1-2H3,(H,20,27)(H,19,21,26). The number of carbonyl (C=O) groups excluding carboxylic acids is 2. The number of rotatable bonds is 9. The molecular weight excluding hydrogens is 428 g/mol. The van der Waals surface area contributed by atoms with Crippen molar-refractivity contribution in [3.05, 3.63) is 47.2 Å². The number of benzene rings is 1. The van der Waals surface area contributed by atoms with Crippen molar-refractivity contribution in [2.24, 2.45) is 7.05 Å². The third-order valence-corrected chi connectivity index (χ3v) is 5.74. The number of carbonyl (C=O) groups is 2. The van der Waals surface area contributed by atoms with Gasteiger partial charge in [-0.15, -0.1) is 21.5 Å². The van der Waals surface area contributed by atoms with E-state index in [0.717, 1.165) is 0 Å². The molecule has 2 aromatic heterocycles. The third kappa shape index (κ3) is 5.34. The molecule has 2 heterocycles. The van der Waals surface area contributed by atoms with Crippen LogP contribution in [0.2, 0.25) is 0 Å². The number of anilines is 1. The van der Waals surface area contributed by atoms with Gasteiger partial charge in [-0.25, -0.2) is 4.98 Å². The van der Waals surface area contributed by atoms with E-state index in [1.807, 2.05) is 0 Å². The molecule has 0 saturated heterocycles. The van der Waals surface area contributed by atoms with Crippen LogP contribution >= 0.6 is 23.1 Å². The summed E-state index contributed by atoms with van der Waals surface area (Å²) in [7, 11) is 3.25. The lowest BCUT2D eigenvalue weighted by molar-refractivity contribution is -0.113. The van der Waals surface area contributed by atoms with Crippen molar-refractivity contribution in [1.82, 2.24) is 25.1 Å². The van der Waals surface area contributed by atoms with Crippen LogP contribution in [0, 0.1) is 0 Å². The SMILES string of the molecule is COc1ccc(C(=O)NC(CO)c2nnc(SCC(=O)Nc3nccs3)n2C)cc1. The Morgan fingerprint density at radius 3 is 2.70 bits per heavy atom. The number of aliphatic hydroxyl groups excluding tert-OH is 1. The maximum atomic E-state index is 12.5. The normalized spacial score (nSPS) is 11.7. The summed E-state index contributed by atoms with van der Waals surface area (Å²) in [4.78, 5) is 28.5. The highest BCUT2D eigenvalue weighted by Gasteiger charge is 2.22. The molecule has 0 bridgehead atoms. The van der Waals surface area contributed by atoms with Gasteiger partial charge in [-0.3, -0.25) is 9.59 Å². The molecule has 0 radical (unpaired) electrons. The van der Waals surface area contributed by atoms with Gasteiger partial charge in [-0.05, 0) is 24.3 Å². The molecule has 0 aliphatic heterocycles. The smallest absolute Gasteiger partial charge is 0.251 e. The summed E-state index contributed by atoms with van der Waals surface area (Å²) >= 11 is 2.52. The molecular formula is C18H20N6O4S2. The van der Waals surface area contributed by atoms with E-state index in [1.165, 1.54) is 23.1 Å². The summed E-state index contributed by atoms with van der Waals surface area (Å²) in [5.74, 6) is 0.553. The van der Waals surface area contributed by atoms with Gasteiger partial charge in [0.25, 0.3) is 5.91 Å². The molecule has 0 aliphatic carbocycles. The first-order chi connectivity index (χ1) is 14.5. The molecule has 0 spiro atoms. The first kappa shape index (κ1) is 21.7. The average Bonchev–Trinajstić information content (AvgIpc) is 3.40. The zero-order valence-electron chi connectivity index (χ0n) is 16.2. The van der Waals surface area contributed by atoms with Gasteiger partial charge >= 0.3 is 0 Å². The number of amides is 2. The van der Waals surface area contributed by atoms with Gasteiger partial charge in [0.15, 0.2) is 16.1 Å². The minimum absolute atomic E-state index is 0.119. The summed E-state index contributed by atoms with van der Waals surface area (Å²) in [6, 6.07) is 5.85. The topological polar surface area (TPSA) is 131 Å². The van der Waals surface area contributed by atoms with Gasteiger partial charge in [0.05, 0.1) is 19.5 Å². The lowest BCUT2D eigenvalue weighted by atomic mass is 10.2. The van der Waals surface area contributed by atoms with Gasteiger partial charge in [0, 0.05) is 24.2 Å². The van der Waals surface area contributed by atoms with Gasteiger partial charge < -0.3 is 25.0 Å². The maximum absolute atomic E-state index is 12.5. The number of nitrogens with zero attached hydrogens (tertiary/aromatic N) is 4. The number of thioether (sulfide) groups is 1. The van der Waals surface area contributed by atoms with Gasteiger partial charge in [-0.1, -0.05) is 11.8 Å². The van der Waals surface area contributed by atoms with Crippen molar-refractivity contribution in [2.75, 3.05) is 24.8 Å². The Hall–Kier alpha value is -2.96. The molecule has 3 rings (SSSR count). The fraction of sp³-hybridized carbons (Fsp3) is 0.278. The summed E-state index contributed by atoms with van der Waals surface area (Å²) in [5, 5.41) is 26.1. The first-order valence-electron chi connectivity index (χ1n) is 8.79. The minimum Gasteiger partial charge on any atom is -0.497 e. The Labute approximate surface area is 180 Å². The number of hydrogen-bond acceptors (Lipinski definition) is 9. The Morgan fingerprint density at radius 1 is 1.30 bits per heavy atom. The van der Waals surface area contributed by atoms with Crippen LogP contribution in [0.3, 0.4) is 0 Å². The fourth-order valence-electron chi connectivity index (χ4n) is 2.50. The van der Waals surface area contributed by atoms with E-state index in [0.29, 0.717) is 27.4 Å². The second-order valence-corrected chi connectivity index (χ2v) is 7.85. The molecule has 10 nitrogen and oxygen atoms in total. The van der Waals surface area contributed by atoms with E-state index in [4.69, 9.17) is 4.74 Å². The number of aliphatic hydroxyl groups is 1. The maximum Gasteiger partial charge on any atom is 0.251 e. The first-order valence-corrected chi connectivity index (χ1v) is 10.7. The van der Waals surface area contributed by atoms with Crippen LogP contribution in [-0.2, 0) is 11.8 Å². The third-order valence-electron chi connectivity index (χ3n) is 4.03. The quantitative estimate of drug-likeness (QED) is 0.420. The van der Waals surface area contributed by atoms with Crippen molar-refractivity contribution in [3.63, 3.8) is 0 Å². The molecule has 12 heteroatoms. The van der Waals surface area contributed by atoms with Crippen molar-refractivity contribution >= 4 is 40.0 Å². The monoisotopic (exact) mass is 448 g/mol. The highest BCUT2D eigenvalue weighted by atomic mass is 32.2. The zero-order chi connectivity index (χ0) is 21.5. The van der Waals surface area contributed by atoms with Crippen molar-refractivity contribution in [2.45, 2.75) is 11.2 Å². The van der Waals surface area contributed by atoms with Crippen LogP contribution in [0.25, 0.3) is 0 Å². The van der Waals surface area contributed by atoms with Crippen LogP contribution in [0.5, 0.6) is 5.75 Å². The largest absolute Gasteiger partial charge is 0.497 e. The van der Waals surface area contributed by atoms with E-state index < -0.39 is 6.04 Å². The van der Waals surface area contributed by atoms with Gasteiger partial charge in [0.2, 0.25) is 5.91 Å². The molecule has 0 fully saturated rings. The molecule has 1 unspecified atom stereocenters. The minimum atomic E-state index is -0.754. The Morgan fingerprint density at radius 2 is 2.07 bits per heavy atom. The van der Waals surface area contributed by atoms with Crippen molar-refractivity contribution in [1.29, 1.82) is 0 Å². The summed E-state index contributed by atoms with van der Waals surface area (Å²) < 4.78 is 6.72. The predicted molar refractivity (Wildman–Crippen MR) is 113 cm³/mol. The van der Waals surface area contributed by atoms with Gasteiger partial charge in [-0.2, -0.15) is 0 Å². The van der Waals surface area contributed by atoms with Crippen LogP contribution < -0.4 is 15.4 Å². The molecule has 3 N–H and O–H groups in total. The molecule has 3 aromatic rings. The summed E-state index contributed by atoms with van der Waals surface area (Å²) in [5.41, 5.74) is 0.421.